The number of halogens is 1. The van der Waals surface area contributed by atoms with Gasteiger partial charge in [-0.15, -0.1) is 0 Å². The molecule has 0 aromatic heterocycles. The monoisotopic (exact) mass is 266 g/mol. The molecule has 1 aromatic carbocycles. The van der Waals surface area contributed by atoms with Gasteiger partial charge in [0.2, 0.25) is 0 Å². The zero-order valence-electron chi connectivity index (χ0n) is 11.3. The molecule has 1 saturated heterocycles. The molecule has 1 heterocycles. The summed E-state index contributed by atoms with van der Waals surface area (Å²) in [6.45, 7) is 7.61. The molecule has 100 valence electrons. The van der Waals surface area contributed by atoms with Gasteiger partial charge >= 0.3 is 0 Å². The molecule has 0 amide bonds. The van der Waals surface area contributed by atoms with E-state index < -0.39 is 0 Å². The quantitative estimate of drug-likeness (QED) is 0.911. The molecule has 2 rings (SSSR count). The molecular formula is C15H23ClN2. The van der Waals surface area contributed by atoms with E-state index in [4.69, 9.17) is 17.3 Å². The molecule has 1 fully saturated rings. The predicted octanol–water partition coefficient (Wildman–Crippen LogP) is 3.15. The summed E-state index contributed by atoms with van der Waals surface area (Å²) < 4.78 is 0. The molecular weight excluding hydrogens is 244 g/mol. The summed E-state index contributed by atoms with van der Waals surface area (Å²) in [5, 5.41) is 0.859. The molecule has 1 aromatic rings. The largest absolute Gasteiger partial charge is 0.327 e. The summed E-state index contributed by atoms with van der Waals surface area (Å²) in [7, 11) is 0. The van der Waals surface area contributed by atoms with Crippen LogP contribution in [0.5, 0.6) is 0 Å². The minimum absolute atomic E-state index is 0.300. The van der Waals surface area contributed by atoms with Crippen molar-refractivity contribution in [3.63, 3.8) is 0 Å². The number of rotatable bonds is 3. The average Bonchev–Trinajstić information content (AvgIpc) is 2.31. The van der Waals surface area contributed by atoms with Gasteiger partial charge in [0.1, 0.15) is 0 Å². The van der Waals surface area contributed by atoms with Crippen LogP contribution in [0.1, 0.15) is 25.8 Å². The number of piperidine rings is 1. The van der Waals surface area contributed by atoms with Gasteiger partial charge in [0.05, 0.1) is 0 Å². The average molecular weight is 267 g/mol. The van der Waals surface area contributed by atoms with Crippen molar-refractivity contribution in [3.05, 3.63) is 34.9 Å². The van der Waals surface area contributed by atoms with E-state index in [0.717, 1.165) is 31.1 Å². The van der Waals surface area contributed by atoms with Crippen LogP contribution in [0.4, 0.5) is 0 Å². The number of likely N-dealkylation sites (tertiary alicyclic amines) is 1. The minimum Gasteiger partial charge on any atom is -0.327 e. The number of hydrogen-bond acceptors (Lipinski definition) is 2. The Balaban J connectivity index is 2.03. The Bertz CT molecular complexity index is 392. The lowest BCUT2D eigenvalue weighted by Crippen LogP contribution is -2.47. The van der Waals surface area contributed by atoms with E-state index in [9.17, 15) is 0 Å². The Hall–Kier alpha value is -0.570. The van der Waals surface area contributed by atoms with Crippen molar-refractivity contribution < 1.29 is 0 Å². The van der Waals surface area contributed by atoms with Crippen molar-refractivity contribution >= 4 is 11.6 Å². The van der Waals surface area contributed by atoms with Crippen LogP contribution in [-0.4, -0.2) is 24.0 Å². The lowest BCUT2D eigenvalue weighted by molar-refractivity contribution is 0.123. The van der Waals surface area contributed by atoms with Crippen molar-refractivity contribution in [2.45, 2.75) is 32.9 Å². The lowest BCUT2D eigenvalue weighted by Gasteiger charge is -2.38. The third-order valence-electron chi connectivity index (χ3n) is 3.89. The van der Waals surface area contributed by atoms with Crippen molar-refractivity contribution in [3.8, 4) is 0 Å². The van der Waals surface area contributed by atoms with Gasteiger partial charge in [-0.1, -0.05) is 43.6 Å². The number of nitrogens with two attached hydrogens (primary N) is 1. The first-order valence-corrected chi connectivity index (χ1v) is 7.15. The molecule has 2 N–H and O–H groups in total. The first-order chi connectivity index (χ1) is 8.56. The second-order valence-electron chi connectivity index (χ2n) is 5.79. The highest BCUT2D eigenvalue weighted by Crippen LogP contribution is 2.25. The maximum Gasteiger partial charge on any atom is 0.0451 e. The Labute approximate surface area is 115 Å². The van der Waals surface area contributed by atoms with Crippen LogP contribution in [-0.2, 0) is 6.54 Å². The molecule has 0 aliphatic carbocycles. The molecule has 0 saturated carbocycles. The maximum atomic E-state index is 6.22. The first-order valence-electron chi connectivity index (χ1n) is 6.77. The van der Waals surface area contributed by atoms with Crippen molar-refractivity contribution in [1.29, 1.82) is 0 Å². The highest BCUT2D eigenvalue weighted by molar-refractivity contribution is 6.31. The lowest BCUT2D eigenvalue weighted by atomic mass is 9.85. The summed E-state index contributed by atoms with van der Waals surface area (Å²) >= 11 is 6.22. The summed E-state index contributed by atoms with van der Waals surface area (Å²) in [6.07, 6.45) is 1.15. The Morgan fingerprint density at radius 1 is 1.33 bits per heavy atom. The van der Waals surface area contributed by atoms with E-state index in [-0.39, 0.29) is 0 Å². The molecule has 1 aliphatic rings. The van der Waals surface area contributed by atoms with Crippen LogP contribution in [0.2, 0.25) is 5.02 Å². The highest BCUT2D eigenvalue weighted by atomic mass is 35.5. The second-order valence-corrected chi connectivity index (χ2v) is 6.19. The fourth-order valence-corrected chi connectivity index (χ4v) is 2.95. The van der Waals surface area contributed by atoms with Crippen molar-refractivity contribution in [2.75, 3.05) is 13.1 Å². The molecule has 1 aliphatic heterocycles. The SMILES string of the molecule is CC(C)C1CC(N)CN(Cc2ccccc2Cl)C1. The fraction of sp³-hybridized carbons (Fsp3) is 0.600. The zero-order chi connectivity index (χ0) is 13.1. The smallest absolute Gasteiger partial charge is 0.0451 e. The van der Waals surface area contributed by atoms with Crippen LogP contribution in [0, 0.1) is 11.8 Å². The van der Waals surface area contributed by atoms with Crippen LogP contribution in [0.25, 0.3) is 0 Å². The molecule has 2 unspecified atom stereocenters. The van der Waals surface area contributed by atoms with Gasteiger partial charge in [-0.2, -0.15) is 0 Å². The summed E-state index contributed by atoms with van der Waals surface area (Å²) in [6, 6.07) is 8.39. The second kappa shape index (κ2) is 6.05. The number of nitrogens with zero attached hydrogens (tertiary/aromatic N) is 1. The molecule has 0 bridgehead atoms. The van der Waals surface area contributed by atoms with E-state index in [0.29, 0.717) is 17.9 Å². The highest BCUT2D eigenvalue weighted by Gasteiger charge is 2.27. The van der Waals surface area contributed by atoms with Crippen molar-refractivity contribution in [2.24, 2.45) is 17.6 Å². The molecule has 3 heteroatoms. The van der Waals surface area contributed by atoms with Gasteiger partial charge in [0.25, 0.3) is 0 Å². The predicted molar refractivity (Wildman–Crippen MR) is 77.6 cm³/mol. The van der Waals surface area contributed by atoms with E-state index in [1.54, 1.807) is 0 Å². The van der Waals surface area contributed by atoms with Crippen molar-refractivity contribution in [1.82, 2.24) is 4.90 Å². The van der Waals surface area contributed by atoms with Crippen LogP contribution < -0.4 is 5.73 Å². The molecule has 0 radical (unpaired) electrons. The van der Waals surface area contributed by atoms with Crippen LogP contribution >= 0.6 is 11.6 Å². The van der Waals surface area contributed by atoms with Gasteiger partial charge in [-0.3, -0.25) is 4.90 Å². The van der Waals surface area contributed by atoms with E-state index in [2.05, 4.69) is 24.8 Å². The Kier molecular flexibility index (Phi) is 4.66. The molecule has 18 heavy (non-hydrogen) atoms. The van der Waals surface area contributed by atoms with Crippen LogP contribution in [0.3, 0.4) is 0 Å². The minimum atomic E-state index is 0.300. The molecule has 0 spiro atoms. The standard InChI is InChI=1S/C15H23ClN2/c1-11(2)13-7-14(17)10-18(9-13)8-12-5-3-4-6-15(12)16/h3-6,11,13-14H,7-10,17H2,1-2H3. The number of benzene rings is 1. The van der Waals surface area contributed by atoms with Gasteiger partial charge in [0, 0.05) is 30.7 Å². The fourth-order valence-electron chi connectivity index (χ4n) is 2.76. The first kappa shape index (κ1) is 13.9. The maximum absolute atomic E-state index is 6.22. The van der Waals surface area contributed by atoms with Gasteiger partial charge in [0.15, 0.2) is 0 Å². The topological polar surface area (TPSA) is 29.3 Å². The Morgan fingerprint density at radius 2 is 2.06 bits per heavy atom. The van der Waals surface area contributed by atoms with Gasteiger partial charge < -0.3 is 5.73 Å². The molecule has 2 atom stereocenters. The van der Waals surface area contributed by atoms with Gasteiger partial charge in [-0.25, -0.2) is 0 Å². The van der Waals surface area contributed by atoms with E-state index in [1.807, 2.05) is 18.2 Å². The zero-order valence-corrected chi connectivity index (χ0v) is 12.0. The van der Waals surface area contributed by atoms with E-state index >= 15 is 0 Å². The summed E-state index contributed by atoms with van der Waals surface area (Å²) in [5.41, 5.74) is 7.37. The Morgan fingerprint density at radius 3 is 2.72 bits per heavy atom. The summed E-state index contributed by atoms with van der Waals surface area (Å²) in [4.78, 5) is 2.44. The van der Waals surface area contributed by atoms with E-state index in [1.165, 1.54) is 5.56 Å². The number of hydrogen-bond donors (Lipinski definition) is 1. The third kappa shape index (κ3) is 3.47. The van der Waals surface area contributed by atoms with Crippen LogP contribution in [0.15, 0.2) is 24.3 Å². The van der Waals surface area contributed by atoms with Gasteiger partial charge in [-0.05, 0) is 29.9 Å². The normalized spacial score (nSPS) is 25.6. The summed E-state index contributed by atoms with van der Waals surface area (Å²) in [5.74, 6) is 1.40. The molecule has 2 nitrogen and oxygen atoms in total. The third-order valence-corrected chi connectivity index (χ3v) is 4.25.